The predicted octanol–water partition coefficient (Wildman–Crippen LogP) is 6.80. The topological polar surface area (TPSA) is 41.1 Å². The highest BCUT2D eigenvalue weighted by molar-refractivity contribution is 5.89. The first-order valence-electron chi connectivity index (χ1n) is 10.4. The maximum atomic E-state index is 12.9. The van der Waals surface area contributed by atoms with Gasteiger partial charge in [-0.3, -0.25) is 15.6 Å². The second-order valence-electron chi connectivity index (χ2n) is 8.54. The molecule has 4 heteroatoms. The number of carbonyl (C=O) groups excluding carboxylic acids is 1. The standard InChI is InChI=1S/C26H33FN2O/c1-19(11-16-24-21(3)10-7-17-26(24,4)5)8-6-9-20(2)18-25(30)29-28-23-14-12-22(27)13-15-23/h6,8-9,11-16,18,28H,7,10,17H2,1-5H3,(H,29,30). The molecular formula is C26H33FN2O. The minimum absolute atomic E-state index is 0.240. The van der Waals surface area contributed by atoms with Crippen molar-refractivity contribution in [2.45, 2.75) is 53.9 Å². The third-order valence-electron chi connectivity index (χ3n) is 5.31. The van der Waals surface area contributed by atoms with E-state index in [-0.39, 0.29) is 17.1 Å². The van der Waals surface area contributed by atoms with Crippen LogP contribution >= 0.6 is 0 Å². The Kier molecular flexibility index (Phi) is 8.40. The molecule has 0 heterocycles. The molecule has 1 aliphatic carbocycles. The van der Waals surface area contributed by atoms with E-state index >= 15 is 0 Å². The lowest BCUT2D eigenvalue weighted by Gasteiger charge is -2.32. The number of hydrazine groups is 1. The fourth-order valence-electron chi connectivity index (χ4n) is 3.59. The zero-order valence-corrected chi connectivity index (χ0v) is 18.7. The van der Waals surface area contributed by atoms with Crippen molar-refractivity contribution in [1.82, 2.24) is 5.43 Å². The number of hydrogen-bond acceptors (Lipinski definition) is 2. The lowest BCUT2D eigenvalue weighted by molar-refractivity contribution is -0.116. The lowest BCUT2D eigenvalue weighted by Crippen LogP contribution is -2.27. The normalized spacial score (nSPS) is 17.7. The molecule has 160 valence electrons. The Labute approximate surface area is 180 Å². The quantitative estimate of drug-likeness (QED) is 0.296. The Bertz CT molecular complexity index is 899. The van der Waals surface area contributed by atoms with Crippen LogP contribution < -0.4 is 10.9 Å². The summed E-state index contributed by atoms with van der Waals surface area (Å²) in [5.41, 5.74) is 11.1. The van der Waals surface area contributed by atoms with Crippen molar-refractivity contribution in [1.29, 1.82) is 0 Å². The van der Waals surface area contributed by atoms with Gasteiger partial charge < -0.3 is 0 Å². The highest BCUT2D eigenvalue weighted by atomic mass is 19.1. The molecule has 0 saturated carbocycles. The van der Waals surface area contributed by atoms with Crippen molar-refractivity contribution in [3.63, 3.8) is 0 Å². The Morgan fingerprint density at radius 3 is 2.47 bits per heavy atom. The molecule has 2 N–H and O–H groups in total. The van der Waals surface area contributed by atoms with E-state index in [0.29, 0.717) is 5.69 Å². The molecule has 0 saturated heterocycles. The maximum absolute atomic E-state index is 12.9. The fourth-order valence-corrected chi connectivity index (χ4v) is 3.59. The van der Waals surface area contributed by atoms with Gasteiger partial charge in [0.2, 0.25) is 0 Å². The number of halogens is 1. The van der Waals surface area contributed by atoms with Crippen LogP contribution in [0.25, 0.3) is 0 Å². The van der Waals surface area contributed by atoms with Gasteiger partial charge in [0.05, 0.1) is 5.69 Å². The highest BCUT2D eigenvalue weighted by Gasteiger charge is 2.26. The molecule has 0 radical (unpaired) electrons. The molecule has 30 heavy (non-hydrogen) atoms. The van der Waals surface area contributed by atoms with Gasteiger partial charge in [-0.2, -0.15) is 0 Å². The van der Waals surface area contributed by atoms with Crippen LogP contribution in [0.5, 0.6) is 0 Å². The van der Waals surface area contributed by atoms with Gasteiger partial charge in [-0.1, -0.05) is 55.4 Å². The number of rotatable bonds is 7. The first-order valence-corrected chi connectivity index (χ1v) is 10.4. The summed E-state index contributed by atoms with van der Waals surface area (Å²) in [6, 6.07) is 5.77. The van der Waals surface area contributed by atoms with Crippen LogP contribution in [0, 0.1) is 11.2 Å². The van der Waals surface area contributed by atoms with E-state index in [1.54, 1.807) is 12.1 Å². The second-order valence-corrected chi connectivity index (χ2v) is 8.54. The molecule has 0 bridgehead atoms. The first-order chi connectivity index (χ1) is 14.2. The summed E-state index contributed by atoms with van der Waals surface area (Å²) in [6.07, 6.45) is 15.5. The summed E-state index contributed by atoms with van der Waals surface area (Å²) in [5.74, 6) is -0.593. The number of amides is 1. The summed E-state index contributed by atoms with van der Waals surface area (Å²) in [5, 5.41) is 0. The average Bonchev–Trinajstić information content (AvgIpc) is 2.66. The largest absolute Gasteiger partial charge is 0.298 e. The SMILES string of the molecule is CC(C=CC1=C(C)CCCC1(C)C)=CC=CC(C)=CC(=O)NNc1ccc(F)cc1. The van der Waals surface area contributed by atoms with E-state index in [0.717, 1.165) is 11.1 Å². The first kappa shape index (κ1) is 23.4. The summed E-state index contributed by atoms with van der Waals surface area (Å²) in [7, 11) is 0. The zero-order chi connectivity index (χ0) is 22.1. The smallest absolute Gasteiger partial charge is 0.262 e. The number of benzene rings is 1. The van der Waals surface area contributed by atoms with Crippen molar-refractivity contribution in [2.24, 2.45) is 5.41 Å². The van der Waals surface area contributed by atoms with Crippen LogP contribution in [0.3, 0.4) is 0 Å². The number of anilines is 1. The summed E-state index contributed by atoms with van der Waals surface area (Å²) >= 11 is 0. The minimum atomic E-state index is -0.319. The number of allylic oxidation sites excluding steroid dienone is 9. The molecule has 3 nitrogen and oxygen atoms in total. The maximum Gasteiger partial charge on any atom is 0.262 e. The predicted molar refractivity (Wildman–Crippen MR) is 124 cm³/mol. The van der Waals surface area contributed by atoms with Gasteiger partial charge >= 0.3 is 0 Å². The molecule has 1 aromatic carbocycles. The summed E-state index contributed by atoms with van der Waals surface area (Å²) in [4.78, 5) is 12.0. The molecule has 1 aromatic rings. The molecular weight excluding hydrogens is 375 g/mol. The molecule has 0 aromatic heterocycles. The van der Waals surface area contributed by atoms with E-state index in [9.17, 15) is 9.18 Å². The van der Waals surface area contributed by atoms with Crippen LogP contribution in [-0.4, -0.2) is 5.91 Å². The Balaban J connectivity index is 1.89. The van der Waals surface area contributed by atoms with E-state index < -0.39 is 0 Å². The third-order valence-corrected chi connectivity index (χ3v) is 5.31. The van der Waals surface area contributed by atoms with Crippen LogP contribution in [-0.2, 0) is 4.79 Å². The van der Waals surface area contributed by atoms with E-state index in [2.05, 4.69) is 50.7 Å². The molecule has 0 aliphatic heterocycles. The van der Waals surface area contributed by atoms with Gasteiger partial charge in [0, 0.05) is 6.08 Å². The molecule has 0 spiro atoms. The van der Waals surface area contributed by atoms with Crippen molar-refractivity contribution < 1.29 is 9.18 Å². The minimum Gasteiger partial charge on any atom is -0.298 e. The van der Waals surface area contributed by atoms with Crippen molar-refractivity contribution in [2.75, 3.05) is 5.43 Å². The third kappa shape index (κ3) is 7.51. The van der Waals surface area contributed by atoms with Gasteiger partial charge in [-0.15, -0.1) is 0 Å². The molecule has 0 atom stereocenters. The van der Waals surface area contributed by atoms with Gasteiger partial charge in [0.1, 0.15) is 5.82 Å². The van der Waals surface area contributed by atoms with Crippen LogP contribution in [0.15, 0.2) is 83.0 Å². The summed E-state index contributed by atoms with van der Waals surface area (Å²) in [6.45, 7) is 10.8. The van der Waals surface area contributed by atoms with Gasteiger partial charge in [0.25, 0.3) is 5.91 Å². The molecule has 1 amide bonds. The highest BCUT2D eigenvalue weighted by Crippen LogP contribution is 2.40. The fraction of sp³-hybridized carbons (Fsp3) is 0.346. The van der Waals surface area contributed by atoms with E-state index in [1.165, 1.54) is 48.6 Å². The van der Waals surface area contributed by atoms with Crippen molar-refractivity contribution in [3.8, 4) is 0 Å². The number of hydrogen-bond donors (Lipinski definition) is 2. The second kappa shape index (κ2) is 10.8. The van der Waals surface area contributed by atoms with Crippen molar-refractivity contribution >= 4 is 11.6 Å². The van der Waals surface area contributed by atoms with Crippen LogP contribution in [0.1, 0.15) is 53.9 Å². The molecule has 0 fully saturated rings. The Morgan fingerprint density at radius 2 is 1.80 bits per heavy atom. The lowest BCUT2D eigenvalue weighted by atomic mass is 9.72. The Hall–Kier alpha value is -2.88. The number of carbonyl (C=O) groups is 1. The summed E-state index contributed by atoms with van der Waals surface area (Å²) < 4.78 is 12.9. The van der Waals surface area contributed by atoms with E-state index in [4.69, 9.17) is 0 Å². The molecule has 2 rings (SSSR count). The monoisotopic (exact) mass is 408 g/mol. The van der Waals surface area contributed by atoms with Crippen LogP contribution in [0.2, 0.25) is 0 Å². The Morgan fingerprint density at radius 1 is 1.10 bits per heavy atom. The average molecular weight is 409 g/mol. The van der Waals surface area contributed by atoms with Gasteiger partial charge in [0.15, 0.2) is 0 Å². The van der Waals surface area contributed by atoms with E-state index in [1.807, 2.05) is 25.2 Å². The van der Waals surface area contributed by atoms with Gasteiger partial charge in [-0.25, -0.2) is 4.39 Å². The van der Waals surface area contributed by atoms with Crippen molar-refractivity contribution in [3.05, 3.63) is 88.8 Å². The zero-order valence-electron chi connectivity index (χ0n) is 18.7. The van der Waals surface area contributed by atoms with Crippen LogP contribution in [0.4, 0.5) is 10.1 Å². The molecule has 1 aliphatic rings. The number of nitrogens with one attached hydrogen (secondary N) is 2. The molecule has 0 unspecified atom stereocenters. The van der Waals surface area contributed by atoms with Gasteiger partial charge in [-0.05, 0) is 80.9 Å².